The summed E-state index contributed by atoms with van der Waals surface area (Å²) in [7, 11) is 5.31. The largest absolute Gasteiger partial charge is 0.519 e. The summed E-state index contributed by atoms with van der Waals surface area (Å²) in [5.74, 6) is -0.772. The number of ketones is 1. The molecule has 143 heavy (non-hydrogen) atoms. The number of aliphatic carboxylic acids is 1. The van der Waals surface area contributed by atoms with Gasteiger partial charge in [-0.15, -0.1) is 12.4 Å². The second kappa shape index (κ2) is 88.5. The molecule has 0 spiro atoms. The lowest BCUT2D eigenvalue weighted by molar-refractivity contribution is -0.140. The molecule has 2 saturated heterocycles. The highest BCUT2D eigenvalue weighted by Gasteiger charge is 2.29. The number of nitrogens with one attached hydrogen (secondary N) is 2. The van der Waals surface area contributed by atoms with Gasteiger partial charge in [-0.2, -0.15) is 0 Å². The Morgan fingerprint density at radius 3 is 1.13 bits per heavy atom. The van der Waals surface area contributed by atoms with E-state index >= 15 is 0 Å². The number of unbranched alkanes of at least 4 members (excludes halogenated alkanes) is 6. The average molecular weight is 2280 g/mol. The summed E-state index contributed by atoms with van der Waals surface area (Å²) >= 11 is 13.5. The van der Waals surface area contributed by atoms with Gasteiger partial charge in [0.25, 0.3) is 0 Å². The molecule has 0 saturated carbocycles. The molecule has 2 heterocycles. The van der Waals surface area contributed by atoms with Crippen molar-refractivity contribution in [3.8, 4) is 0 Å². The van der Waals surface area contributed by atoms with Crippen molar-refractivity contribution >= 4 is 138 Å². The maximum atomic E-state index is 11.7. The number of allylic oxidation sites excluding steroid dienone is 2. The molecule has 30 heteroatoms. The Morgan fingerprint density at radius 2 is 0.818 bits per heavy atom. The van der Waals surface area contributed by atoms with Crippen molar-refractivity contribution in [2.45, 2.75) is 384 Å². The van der Waals surface area contributed by atoms with Crippen molar-refractivity contribution in [2.24, 2.45) is 17.2 Å². The molecule has 0 aromatic heterocycles. The van der Waals surface area contributed by atoms with Gasteiger partial charge in [0, 0.05) is 89.4 Å². The van der Waals surface area contributed by atoms with Gasteiger partial charge in [-0.05, 0) is 337 Å². The lowest BCUT2D eigenvalue weighted by atomic mass is 9.83. The summed E-state index contributed by atoms with van der Waals surface area (Å²) in [6.45, 7) is 43.5. The number of aryl methyl sites for hydroxylation is 6. The van der Waals surface area contributed by atoms with Crippen LogP contribution in [0.25, 0.3) is 5.57 Å². The second-order valence-electron chi connectivity index (χ2n) is 38.1. The summed E-state index contributed by atoms with van der Waals surface area (Å²) < 4.78 is 42.7. The van der Waals surface area contributed by atoms with Crippen LogP contribution >= 0.6 is 76.1 Å². The number of benzene rings is 6. The molecule has 3 amide bonds. The number of ether oxygens (including phenoxy) is 8. The van der Waals surface area contributed by atoms with E-state index in [-0.39, 0.29) is 55.0 Å². The van der Waals surface area contributed by atoms with Gasteiger partial charge >= 0.3 is 36.4 Å². The smallest absolute Gasteiger partial charge is 0.481 e. The molecule has 2 fully saturated rings. The molecule has 6 aromatic rings. The Hall–Kier alpha value is -7.55. The molecule has 0 aliphatic carbocycles. The summed E-state index contributed by atoms with van der Waals surface area (Å²) in [5.41, 5.74) is 24.4. The fourth-order valence-corrected chi connectivity index (χ4v) is 14.4. The first kappa shape index (κ1) is 144. The number of hydrogen-bond donors (Lipinski definition) is 8. The molecule has 6 aromatic carbocycles. The number of primary amides is 1. The van der Waals surface area contributed by atoms with Crippen molar-refractivity contribution < 1.29 is 86.5 Å². The first-order valence-electron chi connectivity index (χ1n) is 50.7. The highest BCUT2D eigenvalue weighted by atomic mass is 79.9. The summed E-state index contributed by atoms with van der Waals surface area (Å²) in [4.78, 5) is 86.6. The topological polar surface area (TPSA) is 388 Å². The number of esters is 1. The monoisotopic (exact) mass is 2270 g/mol. The molecule has 2 aliphatic heterocycles. The molecule has 2 aliphatic rings. The lowest BCUT2D eigenvalue weighted by Gasteiger charge is -2.29. The van der Waals surface area contributed by atoms with E-state index in [2.05, 4.69) is 198 Å². The van der Waals surface area contributed by atoms with E-state index in [4.69, 9.17) is 58.6 Å². The van der Waals surface area contributed by atoms with E-state index < -0.39 is 46.3 Å². The zero-order valence-electron chi connectivity index (χ0n) is 90.4. The number of hydrogen-bond acceptors (Lipinski definition) is 20. The highest BCUT2D eigenvalue weighted by molar-refractivity contribution is 9.11. The van der Waals surface area contributed by atoms with E-state index in [1.54, 1.807) is 48.5 Å². The van der Waals surface area contributed by atoms with Crippen LogP contribution in [0.15, 0.2) is 170 Å². The third-order valence-corrected chi connectivity index (χ3v) is 21.6. The van der Waals surface area contributed by atoms with E-state index in [1.807, 2.05) is 120 Å². The fourth-order valence-electron chi connectivity index (χ4n) is 12.6. The highest BCUT2D eigenvalue weighted by Crippen LogP contribution is 2.34. The third-order valence-electron chi connectivity index (χ3n) is 19.6. The van der Waals surface area contributed by atoms with Crippen LogP contribution in [0.5, 0.6) is 0 Å². The summed E-state index contributed by atoms with van der Waals surface area (Å²) in [6, 6.07) is 49.5. The molecule has 8 rings (SSSR count). The second-order valence-corrected chi connectivity index (χ2v) is 41.7. The number of rotatable bonds is 40. The number of carboxylic acids is 1. The Labute approximate surface area is 902 Å². The summed E-state index contributed by atoms with van der Waals surface area (Å²) in [6.07, 6.45) is 32.1. The van der Waals surface area contributed by atoms with Crippen LogP contribution < -0.4 is 34.0 Å². The van der Waals surface area contributed by atoms with E-state index in [0.29, 0.717) is 38.3 Å². The molecule has 1 atom stereocenters. The molecule has 1 unspecified atom stereocenters. The van der Waals surface area contributed by atoms with Crippen LogP contribution in [0.4, 0.5) is 19.2 Å². The van der Waals surface area contributed by atoms with Gasteiger partial charge in [0.15, 0.2) is 0 Å². The first-order valence-corrected chi connectivity index (χ1v) is 53.9. The number of carboxylic acid groups (broad SMARTS) is 1. The van der Waals surface area contributed by atoms with Crippen LogP contribution in [0.2, 0.25) is 0 Å². The zero-order chi connectivity index (χ0) is 107. The maximum absolute atomic E-state index is 11.7. The molecule has 810 valence electrons. The Kier molecular flexibility index (Phi) is 89.1. The summed E-state index contributed by atoms with van der Waals surface area (Å²) in [5, 5.41) is 25.2. The molecule has 24 nitrogen and oxygen atoms in total. The first-order chi connectivity index (χ1) is 66.5. The van der Waals surface area contributed by atoms with Gasteiger partial charge in [0.05, 0.1) is 12.2 Å². The van der Waals surface area contributed by atoms with Gasteiger partial charge < -0.3 is 82.1 Å². The maximum Gasteiger partial charge on any atom is 0.519 e. The SMILES string of the molecule is C1CCOC1.CC(C)(C)OC(=O)NCCCc1cccc(Br)c1.CC(C)(C)OC(=O)OC(=O)OC(C)(C)C.CCC/C=C(\CCCC)c1cccc(CCCN)c1.CCCCC(=O)CCCC.CCCCC(O)(CCCC)c1cccc(CCCNC(=O)OC(C)(C)C)c1.CCOC(C)=O.Cl.N.NC(=O)CCc1cccc(Br)c1.NCCCc1cccc(Br)c1.O=C(O)CCc1cccc(Br)c1.[B]C1CCCO1. The Bertz CT molecular complexity index is 4230. The minimum Gasteiger partial charge on any atom is -0.481 e. The molecule has 2 radical (unpaired) electrons. The van der Waals surface area contributed by atoms with Gasteiger partial charge in [0.2, 0.25) is 5.91 Å². The molecule has 13 N–H and O–H groups in total. The minimum atomic E-state index is -1.06. The number of alkyl carbamates (subject to hydrolysis) is 2. The predicted octanol–water partition coefficient (Wildman–Crippen LogP) is 29.3. The van der Waals surface area contributed by atoms with E-state index in [0.717, 1.165) is 215 Å². The van der Waals surface area contributed by atoms with Gasteiger partial charge in [-0.25, -0.2) is 19.2 Å². The number of aliphatic hydroxyl groups is 1. The number of halogens is 5. The minimum absolute atomic E-state index is 0. The van der Waals surface area contributed by atoms with Crippen LogP contribution in [0.1, 0.15) is 356 Å². The Morgan fingerprint density at radius 1 is 0.455 bits per heavy atom. The van der Waals surface area contributed by atoms with Gasteiger partial charge in [0.1, 0.15) is 36.0 Å². The predicted molar refractivity (Wildman–Crippen MR) is 605 cm³/mol. The van der Waals surface area contributed by atoms with Crippen LogP contribution in [-0.4, -0.2) is 147 Å². The third kappa shape index (κ3) is 92.8. The van der Waals surface area contributed by atoms with Crippen molar-refractivity contribution in [3.05, 3.63) is 214 Å². The molecule has 0 bridgehead atoms. The lowest BCUT2D eigenvalue weighted by Crippen LogP contribution is -2.33. The van der Waals surface area contributed by atoms with Crippen LogP contribution in [0, 0.1) is 0 Å². The average Bonchev–Trinajstić information content (AvgIpc) is 1.43. The normalized spacial score (nSPS) is 12.2. The number of Topliss-reactive ketones (excluding diaryl/α,β-unsaturated/α-hetero) is 1. The van der Waals surface area contributed by atoms with Crippen LogP contribution in [-0.2, 0) is 101 Å². The van der Waals surface area contributed by atoms with Crippen molar-refractivity contribution in [1.82, 2.24) is 16.8 Å². The number of carbonyl (C=O) groups excluding carboxylic acids is 7. The number of carbonyl (C=O) groups is 8. The van der Waals surface area contributed by atoms with E-state index in [1.165, 1.54) is 85.3 Å². The molecular formula is C113H182BBr4ClN6O18. The fraction of sp³-hybridized carbons (Fsp3) is 0.593. The van der Waals surface area contributed by atoms with E-state index in [9.17, 15) is 43.5 Å². The molecular weight excluding hydrogens is 2100 g/mol. The number of nitrogens with two attached hydrogens (primary N) is 3. The quantitative estimate of drug-likeness (QED) is 0.00582. The van der Waals surface area contributed by atoms with Crippen molar-refractivity contribution in [2.75, 3.05) is 52.6 Å². The van der Waals surface area contributed by atoms with Crippen LogP contribution in [0.3, 0.4) is 0 Å². The number of amides is 3. The van der Waals surface area contributed by atoms with Gasteiger partial charge in [-0.3, -0.25) is 19.2 Å². The Balaban J connectivity index is -0.000000501. The van der Waals surface area contributed by atoms with Crippen molar-refractivity contribution in [3.63, 3.8) is 0 Å². The van der Waals surface area contributed by atoms with Gasteiger partial charge in [-0.1, -0.05) is 260 Å². The zero-order valence-corrected chi connectivity index (χ0v) is 97.5. The standard InChI is InChI=1S/C23H39NO3.C18H29N.C14H20BrNO2.C10H18O5.C9H10BrNO.C9H12BrN.C9H9BrO2.C9H18O.C4H7BO.C4H8O2.C4H8O.ClH.H3N/c1-6-8-15-23(26,16-9-7-2)20-14-10-12-19(18-20)13-11-17-24-21(25)27-22(3,4)5;1-3-5-11-17(12-6-4-2)18-13-7-9-16(15-18)10-8-14-19;1-14(2,3)18-13(17)16-9-5-7-11-6-4-8-12(15)10-11;1-9(2,3)14-7(11)13-8(12)15-10(4,5)6;10-8-3-1-2-7(6-8)4-5-9(11)12;10-9-5-1-3-8(7-9)4-2-6-11;10-8-3-1-2-7(6-8)4-5-9(11)12;1-3-5-7-9(10)8-6-4-2;5-4-2-1-3-6-4;1-3-6-4(2)5;1-2-4-5-3-1;;/h10,12,14,18,26H,6-9,11,13,15-17H2,1-5H3,(H,24,25);7,9,11,13,15H,3-6,8,10,12,14,19H2,1-2H3;4,6,8,10H,5,7,9H2,1-3H3,(H,16,17);1-6H3;1-3,6H,4-5H2,(H2,11,12);1,3,5,7H,2,4,6,11H2;1-3,6H,4-5H2,(H,11,12);3-8H2,1-2H3;4H,1-3H2;3H2,1-2H3;1-4H2;1H;1H3/b;17-11+;;;;;;;;;;;. The van der Waals surface area contributed by atoms with Crippen molar-refractivity contribution in [1.29, 1.82) is 0 Å².